The molecule has 1 aliphatic rings. The fraction of sp³-hybridized carbons (Fsp3) is 0.400. The zero-order valence-corrected chi connectivity index (χ0v) is 11.5. The fourth-order valence-corrected chi connectivity index (χ4v) is 2.50. The Bertz CT molecular complexity index is 660. The molecule has 19 heavy (non-hydrogen) atoms. The highest BCUT2D eigenvalue weighted by atomic mass is 35.5. The van der Waals surface area contributed by atoms with E-state index in [0.717, 1.165) is 48.2 Å². The average molecular weight is 275 g/mol. The van der Waals surface area contributed by atoms with Crippen LogP contribution in [0.4, 0.5) is 0 Å². The molecular weight excluding hydrogens is 260 g/mol. The van der Waals surface area contributed by atoms with Crippen LogP contribution in [0.15, 0.2) is 12.1 Å². The molecule has 2 aromatic rings. The number of aryl methyl sites for hydroxylation is 1. The zero-order chi connectivity index (χ0) is 13.2. The van der Waals surface area contributed by atoms with Gasteiger partial charge in [-0.2, -0.15) is 5.10 Å². The molecule has 0 unspecified atom stereocenters. The predicted molar refractivity (Wildman–Crippen MR) is 76.3 cm³/mol. The first-order valence-electron chi connectivity index (χ1n) is 6.47. The second kappa shape index (κ2) is 5.24. The van der Waals surface area contributed by atoms with Crippen LogP contribution in [-0.2, 0) is 4.74 Å². The van der Waals surface area contributed by atoms with Crippen LogP contribution in [0.2, 0.25) is 5.02 Å². The maximum atomic E-state index is 6.28. The third kappa shape index (κ3) is 2.60. The molecule has 98 valence electrons. The highest BCUT2D eigenvalue weighted by molar-refractivity contribution is 6.32. The van der Waals surface area contributed by atoms with Gasteiger partial charge >= 0.3 is 0 Å². The summed E-state index contributed by atoms with van der Waals surface area (Å²) < 4.78 is 5.33. The second-order valence-corrected chi connectivity index (χ2v) is 5.25. The van der Waals surface area contributed by atoms with Crippen molar-refractivity contribution >= 4 is 22.5 Å². The Kier molecular flexibility index (Phi) is 3.46. The van der Waals surface area contributed by atoms with Gasteiger partial charge in [-0.1, -0.05) is 23.4 Å². The SMILES string of the molecule is Cc1n[nH]c2cc(C#CC3CCOCC3)c(Cl)cc12. The van der Waals surface area contributed by atoms with Crippen molar-refractivity contribution in [3.05, 3.63) is 28.4 Å². The zero-order valence-electron chi connectivity index (χ0n) is 10.8. The number of benzene rings is 1. The maximum Gasteiger partial charge on any atom is 0.0670 e. The lowest BCUT2D eigenvalue weighted by Gasteiger charge is -2.16. The summed E-state index contributed by atoms with van der Waals surface area (Å²) in [6.45, 7) is 3.58. The number of aromatic amines is 1. The highest BCUT2D eigenvalue weighted by Gasteiger charge is 2.11. The summed E-state index contributed by atoms with van der Waals surface area (Å²) in [6, 6.07) is 3.91. The molecule has 2 heterocycles. The summed E-state index contributed by atoms with van der Waals surface area (Å²) >= 11 is 6.28. The minimum absolute atomic E-state index is 0.420. The van der Waals surface area contributed by atoms with E-state index in [9.17, 15) is 0 Å². The molecule has 0 spiro atoms. The van der Waals surface area contributed by atoms with E-state index in [1.165, 1.54) is 0 Å². The molecule has 3 rings (SSSR count). The topological polar surface area (TPSA) is 37.9 Å². The quantitative estimate of drug-likeness (QED) is 0.749. The van der Waals surface area contributed by atoms with E-state index in [1.807, 2.05) is 19.1 Å². The molecule has 1 aromatic heterocycles. The first-order chi connectivity index (χ1) is 9.24. The van der Waals surface area contributed by atoms with Crippen LogP contribution in [0.1, 0.15) is 24.1 Å². The Morgan fingerprint density at radius 1 is 1.37 bits per heavy atom. The van der Waals surface area contributed by atoms with E-state index < -0.39 is 0 Å². The third-order valence-electron chi connectivity index (χ3n) is 3.47. The molecule has 0 amide bonds. The van der Waals surface area contributed by atoms with E-state index in [0.29, 0.717) is 10.9 Å². The fourth-order valence-electron chi connectivity index (χ4n) is 2.29. The van der Waals surface area contributed by atoms with Crippen molar-refractivity contribution in [3.63, 3.8) is 0 Å². The summed E-state index contributed by atoms with van der Waals surface area (Å²) in [5.41, 5.74) is 2.81. The summed E-state index contributed by atoms with van der Waals surface area (Å²) in [6.07, 6.45) is 2.02. The minimum Gasteiger partial charge on any atom is -0.381 e. The first kappa shape index (κ1) is 12.5. The van der Waals surface area contributed by atoms with Gasteiger partial charge in [-0.25, -0.2) is 0 Å². The Morgan fingerprint density at radius 3 is 2.95 bits per heavy atom. The molecule has 0 atom stereocenters. The van der Waals surface area contributed by atoms with Crippen molar-refractivity contribution in [1.29, 1.82) is 0 Å². The number of ether oxygens (including phenoxy) is 1. The van der Waals surface area contributed by atoms with Crippen LogP contribution in [0.5, 0.6) is 0 Å². The van der Waals surface area contributed by atoms with Crippen molar-refractivity contribution in [2.75, 3.05) is 13.2 Å². The van der Waals surface area contributed by atoms with E-state index >= 15 is 0 Å². The van der Waals surface area contributed by atoms with Crippen molar-refractivity contribution in [2.45, 2.75) is 19.8 Å². The summed E-state index contributed by atoms with van der Waals surface area (Å²) in [4.78, 5) is 0. The van der Waals surface area contributed by atoms with Crippen molar-refractivity contribution in [3.8, 4) is 11.8 Å². The van der Waals surface area contributed by atoms with Crippen LogP contribution in [0.3, 0.4) is 0 Å². The molecule has 0 saturated carbocycles. The minimum atomic E-state index is 0.420. The van der Waals surface area contributed by atoms with Crippen LogP contribution >= 0.6 is 11.6 Å². The predicted octanol–water partition coefficient (Wildman–Crippen LogP) is 3.30. The third-order valence-corrected chi connectivity index (χ3v) is 3.79. The molecular formula is C15H15ClN2O. The first-order valence-corrected chi connectivity index (χ1v) is 6.85. The maximum absolute atomic E-state index is 6.28. The van der Waals surface area contributed by atoms with Crippen LogP contribution in [-0.4, -0.2) is 23.4 Å². The Morgan fingerprint density at radius 2 is 2.16 bits per heavy atom. The monoisotopic (exact) mass is 274 g/mol. The number of aromatic nitrogens is 2. The molecule has 0 bridgehead atoms. The lowest BCUT2D eigenvalue weighted by Crippen LogP contribution is -2.13. The van der Waals surface area contributed by atoms with Crippen molar-refractivity contribution in [2.24, 2.45) is 5.92 Å². The van der Waals surface area contributed by atoms with Crippen LogP contribution < -0.4 is 0 Å². The number of nitrogens with zero attached hydrogens (tertiary/aromatic N) is 1. The average Bonchev–Trinajstić information content (AvgIpc) is 2.78. The lowest BCUT2D eigenvalue weighted by atomic mass is 10.0. The van der Waals surface area contributed by atoms with Gasteiger partial charge < -0.3 is 4.74 Å². The molecule has 1 N–H and O–H groups in total. The Labute approximate surface area is 117 Å². The normalized spacial score (nSPS) is 16.3. The number of halogens is 1. The summed E-state index contributed by atoms with van der Waals surface area (Å²) in [5, 5.41) is 8.92. The van der Waals surface area contributed by atoms with Gasteiger partial charge in [0.25, 0.3) is 0 Å². The van der Waals surface area contributed by atoms with Gasteiger partial charge in [0.2, 0.25) is 0 Å². The molecule has 1 fully saturated rings. The largest absolute Gasteiger partial charge is 0.381 e. The van der Waals surface area contributed by atoms with Gasteiger partial charge in [-0.05, 0) is 31.9 Å². The van der Waals surface area contributed by atoms with E-state index in [-0.39, 0.29) is 0 Å². The van der Waals surface area contributed by atoms with E-state index in [1.54, 1.807) is 0 Å². The molecule has 3 nitrogen and oxygen atoms in total. The number of hydrogen-bond donors (Lipinski definition) is 1. The summed E-state index contributed by atoms with van der Waals surface area (Å²) in [7, 11) is 0. The smallest absolute Gasteiger partial charge is 0.0670 e. The number of H-pyrrole nitrogens is 1. The Balaban J connectivity index is 1.92. The van der Waals surface area contributed by atoms with Gasteiger partial charge in [0.15, 0.2) is 0 Å². The molecule has 4 heteroatoms. The summed E-state index contributed by atoms with van der Waals surface area (Å²) in [5.74, 6) is 6.92. The van der Waals surface area contributed by atoms with Gasteiger partial charge in [0, 0.05) is 30.1 Å². The number of nitrogens with one attached hydrogen (secondary N) is 1. The van der Waals surface area contributed by atoms with Crippen LogP contribution in [0.25, 0.3) is 10.9 Å². The molecule has 1 aliphatic heterocycles. The lowest BCUT2D eigenvalue weighted by molar-refractivity contribution is 0.0807. The molecule has 1 saturated heterocycles. The number of fused-ring (bicyclic) bond motifs is 1. The van der Waals surface area contributed by atoms with Gasteiger partial charge in [-0.3, -0.25) is 5.10 Å². The Hall–Kier alpha value is -1.50. The van der Waals surface area contributed by atoms with Crippen molar-refractivity contribution in [1.82, 2.24) is 10.2 Å². The van der Waals surface area contributed by atoms with Gasteiger partial charge in [-0.15, -0.1) is 0 Å². The molecule has 0 radical (unpaired) electrons. The van der Waals surface area contributed by atoms with Crippen LogP contribution in [0, 0.1) is 24.7 Å². The molecule has 1 aromatic carbocycles. The number of rotatable bonds is 0. The molecule has 0 aliphatic carbocycles. The van der Waals surface area contributed by atoms with Gasteiger partial charge in [0.05, 0.1) is 16.2 Å². The van der Waals surface area contributed by atoms with E-state index in [2.05, 4.69) is 22.0 Å². The number of hydrogen-bond acceptors (Lipinski definition) is 2. The van der Waals surface area contributed by atoms with E-state index in [4.69, 9.17) is 16.3 Å². The van der Waals surface area contributed by atoms with Gasteiger partial charge in [0.1, 0.15) is 0 Å². The standard InChI is InChI=1S/C15H15ClN2O/c1-10-13-9-14(16)12(8-15(13)18-17-10)3-2-11-4-6-19-7-5-11/h8-9,11H,4-7H2,1H3,(H,17,18). The highest BCUT2D eigenvalue weighted by Crippen LogP contribution is 2.24. The second-order valence-electron chi connectivity index (χ2n) is 4.84. The van der Waals surface area contributed by atoms with Crippen molar-refractivity contribution < 1.29 is 4.74 Å².